The molecule has 0 bridgehead atoms. The van der Waals surface area contributed by atoms with Gasteiger partial charge in [0.25, 0.3) is 0 Å². The molecule has 0 aliphatic rings. The van der Waals surface area contributed by atoms with E-state index in [0.29, 0.717) is 10.9 Å². The summed E-state index contributed by atoms with van der Waals surface area (Å²) < 4.78 is 38.4. The largest absolute Gasteiger partial charge is 1.00 e. The Morgan fingerprint density at radius 1 is 1.29 bits per heavy atom. The predicted molar refractivity (Wildman–Crippen MR) is 72.0 cm³/mol. The molecular weight excluding hydrogens is 305 g/mol. The average Bonchev–Trinajstić information content (AvgIpc) is 2.38. The first-order valence-electron chi connectivity index (χ1n) is 5.67. The number of benzene rings is 2. The fraction of sp³-hybridized carbons (Fsp3) is 0.154. The number of fused-ring (bicyclic) bond motifs is 1. The molecule has 106 valence electrons. The van der Waals surface area contributed by atoms with Crippen LogP contribution in [0.25, 0.3) is 10.8 Å². The van der Waals surface area contributed by atoms with Crippen molar-refractivity contribution < 1.29 is 52.1 Å². The Balaban J connectivity index is 0.00000220. The topological polar surface area (TPSA) is 110 Å². The van der Waals surface area contributed by atoms with Crippen LogP contribution in [0.5, 0.6) is 0 Å². The van der Waals surface area contributed by atoms with Crippen LogP contribution in [0.4, 0.5) is 5.69 Å². The van der Waals surface area contributed by atoms with Crippen molar-refractivity contribution in [1.82, 2.24) is 0 Å². The number of hydrogen-bond acceptors (Lipinski definition) is 6. The summed E-state index contributed by atoms with van der Waals surface area (Å²) in [7, 11) is -3.39. The number of esters is 1. The summed E-state index contributed by atoms with van der Waals surface area (Å²) in [6, 6.07) is 7.32. The number of nitrogen functional groups attached to an aromatic ring is 1. The number of carbonyl (C=O) groups is 1. The SMILES string of the molecule is COC(=O)Cc1ccc(S(=O)(=O)[O-])c2c(N)cccc12.[Na+]. The summed E-state index contributed by atoms with van der Waals surface area (Å²) >= 11 is 0. The molecule has 0 aliphatic carbocycles. The number of anilines is 1. The number of carbonyl (C=O) groups excluding carboxylic acids is 1. The molecule has 2 aromatic rings. The standard InChI is InChI=1S/C13H13NO5S.Na/c1-19-12(15)7-8-5-6-11(20(16,17)18)13-9(8)3-2-4-10(13)14;/h2-6H,7,14H2,1H3,(H,16,17,18);/q;+1/p-1. The summed E-state index contributed by atoms with van der Waals surface area (Å²) in [5.41, 5.74) is 6.48. The van der Waals surface area contributed by atoms with Crippen molar-refractivity contribution in [2.45, 2.75) is 11.3 Å². The van der Waals surface area contributed by atoms with Gasteiger partial charge in [-0.05, 0) is 23.1 Å². The predicted octanol–water partition coefficient (Wildman–Crippen LogP) is -1.95. The minimum absolute atomic E-state index is 0. The Kier molecular flexibility index (Phi) is 5.77. The van der Waals surface area contributed by atoms with E-state index in [1.54, 1.807) is 12.1 Å². The van der Waals surface area contributed by atoms with Crippen LogP contribution in [0.3, 0.4) is 0 Å². The van der Waals surface area contributed by atoms with Crippen LogP contribution in [0.1, 0.15) is 5.56 Å². The summed E-state index contributed by atoms with van der Waals surface area (Å²) in [5, 5.41) is 0.594. The maximum atomic E-state index is 11.4. The van der Waals surface area contributed by atoms with Gasteiger partial charge in [-0.1, -0.05) is 18.2 Å². The van der Waals surface area contributed by atoms with Gasteiger partial charge in [0, 0.05) is 11.1 Å². The molecule has 2 N–H and O–H groups in total. The molecule has 8 heteroatoms. The molecule has 0 aliphatic heterocycles. The third-order valence-corrected chi connectivity index (χ3v) is 3.84. The van der Waals surface area contributed by atoms with E-state index in [2.05, 4.69) is 4.74 Å². The van der Waals surface area contributed by atoms with E-state index in [4.69, 9.17) is 5.73 Å². The second kappa shape index (κ2) is 6.76. The van der Waals surface area contributed by atoms with Crippen molar-refractivity contribution in [3.8, 4) is 0 Å². The van der Waals surface area contributed by atoms with E-state index in [1.807, 2.05) is 0 Å². The van der Waals surface area contributed by atoms with Crippen molar-refractivity contribution in [3.05, 3.63) is 35.9 Å². The molecular formula is C13H12NNaO5S. The quantitative estimate of drug-likeness (QED) is 0.305. The van der Waals surface area contributed by atoms with Gasteiger partial charge >= 0.3 is 35.5 Å². The van der Waals surface area contributed by atoms with Gasteiger partial charge in [-0.3, -0.25) is 4.79 Å². The van der Waals surface area contributed by atoms with Crippen molar-refractivity contribution in [3.63, 3.8) is 0 Å². The number of rotatable bonds is 3. The van der Waals surface area contributed by atoms with Crippen LogP contribution in [-0.2, 0) is 26.1 Å². The summed E-state index contributed by atoms with van der Waals surface area (Å²) in [5.74, 6) is -0.466. The van der Waals surface area contributed by atoms with Crippen molar-refractivity contribution >= 4 is 32.5 Å². The molecule has 0 amide bonds. The number of methoxy groups -OCH3 is 1. The summed E-state index contributed by atoms with van der Waals surface area (Å²) in [4.78, 5) is 11.0. The maximum absolute atomic E-state index is 11.4. The van der Waals surface area contributed by atoms with Gasteiger partial charge in [-0.25, -0.2) is 8.42 Å². The summed E-state index contributed by atoms with van der Waals surface area (Å²) in [6.45, 7) is 0. The smallest absolute Gasteiger partial charge is 0.744 e. The molecule has 0 radical (unpaired) electrons. The third kappa shape index (κ3) is 3.75. The Hall–Kier alpha value is -1.12. The molecule has 0 fully saturated rings. The Morgan fingerprint density at radius 2 is 1.95 bits per heavy atom. The minimum Gasteiger partial charge on any atom is -0.744 e. The van der Waals surface area contributed by atoms with Crippen molar-refractivity contribution in [2.24, 2.45) is 0 Å². The van der Waals surface area contributed by atoms with Gasteiger partial charge in [-0.2, -0.15) is 0 Å². The van der Waals surface area contributed by atoms with Gasteiger partial charge < -0.3 is 15.0 Å². The fourth-order valence-corrected chi connectivity index (χ4v) is 2.76. The molecule has 0 saturated heterocycles. The first kappa shape index (κ1) is 17.9. The molecule has 2 aromatic carbocycles. The number of nitrogens with two attached hydrogens (primary N) is 1. The van der Waals surface area contributed by atoms with E-state index < -0.39 is 16.1 Å². The molecule has 0 unspecified atom stereocenters. The van der Waals surface area contributed by atoms with Crippen LogP contribution in [-0.4, -0.2) is 26.0 Å². The van der Waals surface area contributed by atoms with Gasteiger partial charge in [0.1, 0.15) is 10.1 Å². The van der Waals surface area contributed by atoms with E-state index >= 15 is 0 Å². The van der Waals surface area contributed by atoms with Crippen LogP contribution in [0.2, 0.25) is 0 Å². The van der Waals surface area contributed by atoms with E-state index in [0.717, 1.165) is 0 Å². The maximum Gasteiger partial charge on any atom is 1.00 e. The second-order valence-electron chi connectivity index (χ2n) is 4.20. The van der Waals surface area contributed by atoms with Crippen LogP contribution >= 0.6 is 0 Å². The minimum atomic E-state index is -4.65. The average molecular weight is 317 g/mol. The molecule has 0 atom stereocenters. The van der Waals surface area contributed by atoms with Crippen LogP contribution in [0, 0.1) is 0 Å². The van der Waals surface area contributed by atoms with Crippen LogP contribution in [0.15, 0.2) is 35.2 Å². The molecule has 0 heterocycles. The Labute approximate surface area is 144 Å². The van der Waals surface area contributed by atoms with Crippen molar-refractivity contribution in [2.75, 3.05) is 12.8 Å². The summed E-state index contributed by atoms with van der Waals surface area (Å²) in [6.07, 6.45) is -0.0321. The first-order chi connectivity index (χ1) is 9.34. The van der Waals surface area contributed by atoms with Gasteiger partial charge in [-0.15, -0.1) is 0 Å². The normalized spacial score (nSPS) is 11.0. The van der Waals surface area contributed by atoms with Gasteiger partial charge in [0.2, 0.25) is 0 Å². The number of ether oxygens (including phenoxy) is 1. The van der Waals surface area contributed by atoms with E-state index in [9.17, 15) is 17.8 Å². The Morgan fingerprint density at radius 3 is 2.52 bits per heavy atom. The zero-order chi connectivity index (χ0) is 14.9. The third-order valence-electron chi connectivity index (χ3n) is 2.96. The monoisotopic (exact) mass is 317 g/mol. The molecule has 21 heavy (non-hydrogen) atoms. The molecule has 0 spiro atoms. The fourth-order valence-electron chi connectivity index (χ4n) is 2.05. The zero-order valence-corrected chi connectivity index (χ0v) is 14.4. The van der Waals surface area contributed by atoms with E-state index in [1.165, 1.54) is 25.3 Å². The van der Waals surface area contributed by atoms with Crippen molar-refractivity contribution in [1.29, 1.82) is 0 Å². The first-order valence-corrected chi connectivity index (χ1v) is 7.08. The molecule has 2 rings (SSSR count). The molecule has 0 saturated carbocycles. The Bertz CT molecular complexity index is 788. The number of hydrogen-bond donors (Lipinski definition) is 1. The van der Waals surface area contributed by atoms with Crippen LogP contribution < -0.4 is 35.3 Å². The molecule has 0 aromatic heterocycles. The second-order valence-corrected chi connectivity index (χ2v) is 5.55. The van der Waals surface area contributed by atoms with Gasteiger partial charge in [0.05, 0.1) is 18.4 Å². The molecule has 6 nitrogen and oxygen atoms in total. The van der Waals surface area contributed by atoms with Gasteiger partial charge in [0.15, 0.2) is 0 Å². The zero-order valence-electron chi connectivity index (χ0n) is 11.6. The van der Waals surface area contributed by atoms with E-state index in [-0.39, 0.29) is 51.9 Å².